The number of nitrogens with zero attached hydrogens (tertiary/aromatic N) is 1. The number of carbonyl (C=O) groups excluding carboxylic acids is 2. The third-order valence-corrected chi connectivity index (χ3v) is 16.8. The number of likely N-dealkylation sites (N-methyl/N-ethyl adjacent to an activating group) is 1. The Morgan fingerprint density at radius 1 is 0.412 bits per heavy atom. The van der Waals surface area contributed by atoms with Crippen molar-refractivity contribution >= 4 is 19.7 Å². The van der Waals surface area contributed by atoms with Gasteiger partial charge in [0.25, 0.3) is 0 Å². The Balaban J connectivity index is 5.03. The highest BCUT2D eigenvalue weighted by Crippen LogP contribution is 2.43. The van der Waals surface area contributed by atoms with Gasteiger partial charge in [-0.15, -0.1) is 0 Å². The summed E-state index contributed by atoms with van der Waals surface area (Å²) in [6.45, 7) is 6.98. The van der Waals surface area contributed by atoms with Crippen molar-refractivity contribution in [3.63, 3.8) is 0 Å². The molecule has 0 aromatic carbocycles. The molecule has 0 fully saturated rings. The van der Waals surface area contributed by atoms with E-state index in [-0.39, 0.29) is 31.5 Å². The molecule has 2 N–H and O–H groups in total. The van der Waals surface area contributed by atoms with Crippen molar-refractivity contribution in [1.82, 2.24) is 5.32 Å². The lowest BCUT2D eigenvalue weighted by Gasteiger charge is -2.27. The Morgan fingerprint density at radius 3 is 1.09 bits per heavy atom. The minimum absolute atomic E-state index is 0.0362. The molecule has 494 valence electrons. The fourth-order valence-electron chi connectivity index (χ4n) is 10.2. The minimum Gasteiger partial charge on any atom is -0.456 e. The maximum atomic E-state index is 13.6. The highest BCUT2D eigenvalue weighted by molar-refractivity contribution is 7.47. The van der Waals surface area contributed by atoms with Crippen molar-refractivity contribution in [3.05, 3.63) is 85.1 Å². The first-order chi connectivity index (χ1) is 41.4. The van der Waals surface area contributed by atoms with E-state index < -0.39 is 20.0 Å². The van der Waals surface area contributed by atoms with Gasteiger partial charge in [0.15, 0.2) is 0 Å². The van der Waals surface area contributed by atoms with Crippen LogP contribution in [0.15, 0.2) is 85.1 Å². The number of hydrogen-bond donors (Lipinski definition) is 2. The third-order valence-electron chi connectivity index (χ3n) is 15.8. The normalized spacial score (nSPS) is 14.0. The predicted molar refractivity (Wildman–Crippen MR) is 369 cm³/mol. The van der Waals surface area contributed by atoms with Crippen LogP contribution >= 0.6 is 7.82 Å². The highest BCUT2D eigenvalue weighted by Gasteiger charge is 2.30. The maximum Gasteiger partial charge on any atom is 0.472 e. The summed E-state index contributed by atoms with van der Waals surface area (Å²) < 4.78 is 30.8. The van der Waals surface area contributed by atoms with Crippen LogP contribution in [0.5, 0.6) is 0 Å². The van der Waals surface area contributed by atoms with E-state index >= 15 is 0 Å². The number of unbranched alkanes of at least 4 members (excludes halogenated alkanes) is 37. The van der Waals surface area contributed by atoms with E-state index in [1.807, 2.05) is 33.3 Å². The Bertz CT molecular complexity index is 1730. The molecule has 0 aliphatic rings. The predicted octanol–water partition coefficient (Wildman–Crippen LogP) is 22.9. The van der Waals surface area contributed by atoms with Crippen molar-refractivity contribution in [2.24, 2.45) is 0 Å². The van der Waals surface area contributed by atoms with Gasteiger partial charge in [0.1, 0.15) is 19.3 Å². The van der Waals surface area contributed by atoms with Gasteiger partial charge in [-0.2, -0.15) is 0 Å². The fraction of sp³-hybridized carbons (Fsp3) is 0.787. The van der Waals surface area contributed by atoms with E-state index in [9.17, 15) is 19.0 Å². The van der Waals surface area contributed by atoms with Gasteiger partial charge in [0, 0.05) is 12.8 Å². The van der Waals surface area contributed by atoms with Crippen molar-refractivity contribution in [3.8, 4) is 0 Å². The lowest BCUT2D eigenvalue weighted by atomic mass is 10.0. The van der Waals surface area contributed by atoms with Crippen LogP contribution in [-0.4, -0.2) is 74.3 Å². The molecule has 3 atom stereocenters. The van der Waals surface area contributed by atoms with Crippen LogP contribution in [0.4, 0.5) is 0 Å². The Morgan fingerprint density at radius 2 is 0.718 bits per heavy atom. The Hall–Kier alpha value is -2.81. The first kappa shape index (κ1) is 82.2. The molecule has 0 spiro atoms. The molecule has 0 aliphatic carbocycles. The molecule has 0 saturated carbocycles. The van der Waals surface area contributed by atoms with Crippen LogP contribution in [0, 0.1) is 0 Å². The summed E-state index contributed by atoms with van der Waals surface area (Å²) >= 11 is 0. The van der Waals surface area contributed by atoms with E-state index in [1.165, 1.54) is 199 Å². The van der Waals surface area contributed by atoms with Crippen LogP contribution in [0.3, 0.4) is 0 Å². The number of hydrogen-bond acceptors (Lipinski definition) is 6. The van der Waals surface area contributed by atoms with Crippen LogP contribution in [0.1, 0.15) is 329 Å². The number of allylic oxidation sites excluding steroid dienone is 13. The van der Waals surface area contributed by atoms with Crippen LogP contribution in [-0.2, 0) is 27.9 Å². The van der Waals surface area contributed by atoms with Crippen molar-refractivity contribution in [1.29, 1.82) is 0 Å². The van der Waals surface area contributed by atoms with Crippen molar-refractivity contribution < 1.29 is 37.3 Å². The summed E-state index contributed by atoms with van der Waals surface area (Å²) in [5.74, 6) is -0.511. The summed E-state index contributed by atoms with van der Waals surface area (Å²) in [5.41, 5.74) is 0. The molecule has 0 rings (SSSR count). The number of ether oxygens (including phenoxy) is 1. The lowest BCUT2D eigenvalue weighted by molar-refractivity contribution is -0.870. The van der Waals surface area contributed by atoms with Gasteiger partial charge in [0.05, 0.1) is 33.8 Å². The van der Waals surface area contributed by atoms with Gasteiger partial charge in [-0.25, -0.2) is 4.57 Å². The average Bonchev–Trinajstić information content (AvgIpc) is 3.62. The zero-order valence-electron chi connectivity index (χ0n) is 56.6. The number of phosphoric ester groups is 1. The number of esters is 1. The minimum atomic E-state index is -4.46. The molecule has 0 aromatic rings. The SMILES string of the molecule is CCCCC/C=C\C/C=C\C/C=C\C/C=C\CCCCCCCCCC(=O)OC(/C=C/CCCCCCCCCCC)C(COP(=O)(O)OCC[N+](C)(C)C)NC(=O)CCCCCCCCCCCCCCCCC/C=C\C/C=C\CCCCC. The second kappa shape index (κ2) is 64.2. The zero-order chi connectivity index (χ0) is 62.1. The maximum absolute atomic E-state index is 13.6. The molecule has 1 amide bonds. The van der Waals surface area contributed by atoms with Gasteiger partial charge in [-0.05, 0) is 109 Å². The van der Waals surface area contributed by atoms with E-state index in [4.69, 9.17) is 13.8 Å². The molecule has 3 unspecified atom stereocenters. The largest absolute Gasteiger partial charge is 0.472 e. The summed E-state index contributed by atoms with van der Waals surface area (Å²) in [6.07, 6.45) is 85.9. The Labute approximate surface area is 526 Å². The second-order valence-corrected chi connectivity index (χ2v) is 26.9. The van der Waals surface area contributed by atoms with E-state index in [1.54, 1.807) is 0 Å². The number of carbonyl (C=O) groups is 2. The molecule has 0 aromatic heterocycles. The highest BCUT2D eigenvalue weighted by atomic mass is 31.2. The number of phosphoric acid groups is 1. The summed E-state index contributed by atoms with van der Waals surface area (Å²) in [5, 5.41) is 3.07. The summed E-state index contributed by atoms with van der Waals surface area (Å²) in [6, 6.07) is -0.857. The molecule has 0 heterocycles. The second-order valence-electron chi connectivity index (χ2n) is 25.4. The first-order valence-corrected chi connectivity index (χ1v) is 37.4. The van der Waals surface area contributed by atoms with Crippen molar-refractivity contribution in [2.75, 3.05) is 40.9 Å². The van der Waals surface area contributed by atoms with Crippen LogP contribution < -0.4 is 5.32 Å². The number of nitrogens with one attached hydrogen (secondary N) is 1. The summed E-state index contributed by atoms with van der Waals surface area (Å²) in [7, 11) is 1.49. The standard InChI is InChI=1S/C75H137N2O7P/c1-7-10-13-16-19-22-25-27-29-31-33-35-37-38-40-41-43-45-47-49-52-55-58-61-64-67-74(78)76-72(71-83-85(80,81)82-70-69-77(4,5)6)73(66-63-60-57-54-51-24-21-18-15-12-9-3)84-75(79)68-65-62-59-56-53-50-48-46-44-42-39-36-34-32-30-28-26-23-20-17-14-11-8-2/h19-20,22-23,27-30,34,36,42,44,63,66,72-73H,7-18,21,24-26,31-33,35,37-41,43,45-62,64-65,67-71H2,1-6H3,(H-,76,78,80,81)/p+1/b22-19-,23-20-,29-27-,30-28-,36-34-,44-42-,66-63+. The van der Waals surface area contributed by atoms with E-state index in [0.29, 0.717) is 17.4 Å². The number of amides is 1. The smallest absolute Gasteiger partial charge is 0.456 e. The summed E-state index contributed by atoms with van der Waals surface area (Å²) in [4.78, 5) is 37.9. The number of rotatable bonds is 65. The molecular weight excluding hydrogens is 1070 g/mol. The molecule has 0 saturated heterocycles. The lowest BCUT2D eigenvalue weighted by Crippen LogP contribution is -2.47. The van der Waals surface area contributed by atoms with E-state index in [0.717, 1.165) is 96.3 Å². The topological polar surface area (TPSA) is 111 Å². The van der Waals surface area contributed by atoms with Crippen LogP contribution in [0.25, 0.3) is 0 Å². The van der Waals surface area contributed by atoms with Crippen LogP contribution in [0.2, 0.25) is 0 Å². The first-order valence-electron chi connectivity index (χ1n) is 35.9. The molecule has 10 heteroatoms. The van der Waals surface area contributed by atoms with Gasteiger partial charge in [0.2, 0.25) is 5.91 Å². The molecule has 0 bridgehead atoms. The van der Waals surface area contributed by atoms with Gasteiger partial charge in [-0.3, -0.25) is 18.6 Å². The van der Waals surface area contributed by atoms with Crippen molar-refractivity contribution in [2.45, 2.75) is 341 Å². The monoisotopic (exact) mass is 1210 g/mol. The van der Waals surface area contributed by atoms with Gasteiger partial charge in [-0.1, -0.05) is 292 Å². The van der Waals surface area contributed by atoms with Gasteiger partial charge < -0.3 is 19.4 Å². The molecule has 85 heavy (non-hydrogen) atoms. The molecule has 0 radical (unpaired) electrons. The van der Waals surface area contributed by atoms with Gasteiger partial charge >= 0.3 is 13.8 Å². The molecule has 0 aliphatic heterocycles. The van der Waals surface area contributed by atoms with E-state index in [2.05, 4.69) is 99.0 Å². The third kappa shape index (κ3) is 65.5. The zero-order valence-corrected chi connectivity index (χ0v) is 57.5. The fourth-order valence-corrected chi connectivity index (χ4v) is 11.0. The average molecular weight is 1210 g/mol. The molecule has 9 nitrogen and oxygen atoms in total. The Kier molecular flexibility index (Phi) is 62.1. The molecular formula is C75H138N2O7P+. The quantitative estimate of drug-likeness (QED) is 0.0205. The number of quaternary nitrogens is 1.